The number of likely N-dealkylation sites (N-methyl/N-ethyl adjacent to an activating group) is 1. The van der Waals surface area contributed by atoms with Gasteiger partial charge in [0.1, 0.15) is 0 Å². The molecule has 0 aromatic heterocycles. The van der Waals surface area contributed by atoms with Gasteiger partial charge in [-0.25, -0.2) is 8.42 Å². The van der Waals surface area contributed by atoms with Crippen LogP contribution >= 0.6 is 0 Å². The number of halogens is 4. The fraction of sp³-hybridized carbons (Fsp3) is 0.353. The van der Waals surface area contributed by atoms with E-state index < -0.39 is 15.6 Å². The van der Waals surface area contributed by atoms with Gasteiger partial charge in [-0.2, -0.15) is 13.2 Å². The van der Waals surface area contributed by atoms with Gasteiger partial charge in [-0.05, 0) is 12.1 Å². The molecule has 1 unspecified atom stereocenters. The first kappa shape index (κ1) is 23.6. The monoisotopic (exact) mass is 517 g/mol. The molecule has 27 heavy (non-hydrogen) atoms. The first-order chi connectivity index (χ1) is 12.3. The van der Waals surface area contributed by atoms with Crippen molar-refractivity contribution >= 4 is 16.0 Å². The van der Waals surface area contributed by atoms with Gasteiger partial charge in [0.25, 0.3) is 5.91 Å². The highest BCUT2D eigenvalue weighted by Crippen LogP contribution is 2.22. The largest absolute Gasteiger partial charge is 0.741 e. The Morgan fingerprint density at radius 1 is 1.22 bits per heavy atom. The maximum atomic E-state index is 12.4. The Labute approximate surface area is 166 Å². The lowest BCUT2D eigenvalue weighted by molar-refractivity contribution is -0.579. The van der Waals surface area contributed by atoms with Crippen molar-refractivity contribution in [3.05, 3.63) is 55.2 Å². The smallest absolute Gasteiger partial charge is 0.485 e. The third kappa shape index (κ3) is 7.26. The van der Waals surface area contributed by atoms with E-state index in [1.165, 1.54) is 7.15 Å². The molecule has 1 aliphatic carbocycles. The van der Waals surface area contributed by atoms with E-state index in [1.807, 2.05) is 20.2 Å². The summed E-state index contributed by atoms with van der Waals surface area (Å²) in [5.74, 6) is 0.407. The maximum absolute atomic E-state index is 12.4. The van der Waals surface area contributed by atoms with E-state index in [1.54, 1.807) is 4.90 Å². The molecule has 0 fully saturated rings. The van der Waals surface area contributed by atoms with Crippen LogP contribution in [0.15, 0.2) is 51.6 Å². The molecule has 2 rings (SSSR count). The molecule has 0 aliphatic heterocycles. The van der Waals surface area contributed by atoms with E-state index in [9.17, 15) is 18.0 Å². The van der Waals surface area contributed by atoms with E-state index >= 15 is 0 Å². The van der Waals surface area contributed by atoms with Gasteiger partial charge in [-0.1, -0.05) is 37.3 Å². The second-order valence-corrected chi connectivity index (χ2v) is 10.2. The van der Waals surface area contributed by atoms with Gasteiger partial charge in [-0.3, -0.25) is 4.79 Å². The molecule has 0 saturated carbocycles. The van der Waals surface area contributed by atoms with Crippen molar-refractivity contribution in [1.82, 2.24) is 4.90 Å². The number of amides is 1. The Hall–Kier alpha value is -1.40. The zero-order chi connectivity index (χ0) is 20.8. The summed E-state index contributed by atoms with van der Waals surface area (Å²) in [4.78, 5) is 14.1. The van der Waals surface area contributed by atoms with Crippen molar-refractivity contribution < 1.29 is 52.1 Å². The first-order valence-electron chi connectivity index (χ1n) is 7.68. The van der Waals surface area contributed by atoms with Crippen molar-refractivity contribution in [1.29, 1.82) is 0 Å². The maximum Gasteiger partial charge on any atom is 0.485 e. The van der Waals surface area contributed by atoms with Crippen molar-refractivity contribution in [2.45, 2.75) is 18.9 Å². The number of carbonyl (C=O) groups excluding carboxylic acids is 1. The fourth-order valence-electron chi connectivity index (χ4n) is 2.08. The van der Waals surface area contributed by atoms with Gasteiger partial charge in [-0.15, -0.1) is 0 Å². The molecule has 0 radical (unpaired) electrons. The number of nitrogens with zero attached hydrogens (tertiary/aromatic N) is 1. The van der Waals surface area contributed by atoms with Crippen LogP contribution in [0.4, 0.5) is 13.2 Å². The van der Waals surface area contributed by atoms with E-state index in [0.717, 1.165) is 12.0 Å². The number of rotatable bonds is 3. The molecule has 1 aromatic carbocycles. The van der Waals surface area contributed by atoms with Crippen LogP contribution in [0.2, 0.25) is 0 Å². The van der Waals surface area contributed by atoms with Crippen LogP contribution in [-0.2, 0) is 14.9 Å². The van der Waals surface area contributed by atoms with Gasteiger partial charge in [0, 0.05) is 26.4 Å². The Morgan fingerprint density at radius 2 is 1.74 bits per heavy atom. The molecular weight excluding hydrogens is 498 g/mol. The molecule has 1 aromatic rings. The molecule has 1 atom stereocenters. The Balaban J connectivity index is 0.000000387. The molecule has 150 valence electrons. The van der Waals surface area contributed by atoms with Gasteiger partial charge in [0.2, 0.25) is 0 Å². The Kier molecular flexibility index (Phi) is 8.48. The topological polar surface area (TPSA) is 77.5 Å². The predicted molar refractivity (Wildman–Crippen MR) is 89.5 cm³/mol. The minimum Gasteiger partial charge on any atom is -0.741 e. The molecular formula is C17H19F3INO4S. The van der Waals surface area contributed by atoms with Crippen molar-refractivity contribution in [3.8, 4) is 0 Å². The minimum atomic E-state index is -6.09. The summed E-state index contributed by atoms with van der Waals surface area (Å²) in [6.07, 6.45) is 5.28. The molecule has 0 bridgehead atoms. The highest BCUT2D eigenvalue weighted by molar-refractivity contribution is 7.86. The normalized spacial score (nSPS) is 17.2. The quantitative estimate of drug-likeness (QED) is 0.244. The fourth-order valence-corrected chi connectivity index (χ4v) is 5.09. The number of hydrogen-bond donors (Lipinski definition) is 0. The molecule has 0 heterocycles. The van der Waals surface area contributed by atoms with Crippen molar-refractivity contribution in [3.63, 3.8) is 0 Å². The average molecular weight is 517 g/mol. The molecule has 0 N–H and O–H groups in total. The van der Waals surface area contributed by atoms with Crippen LogP contribution in [0.1, 0.15) is 13.3 Å². The molecule has 1 aliphatic rings. The number of hydrogen-bond acceptors (Lipinski definition) is 4. The number of carbonyl (C=O) groups is 1. The van der Waals surface area contributed by atoms with Crippen LogP contribution in [0.5, 0.6) is 0 Å². The molecule has 0 saturated heterocycles. The van der Waals surface area contributed by atoms with Gasteiger partial charge < -0.3 is 9.45 Å². The molecule has 10 heteroatoms. The lowest BCUT2D eigenvalue weighted by Crippen LogP contribution is -3.61. The summed E-state index contributed by atoms with van der Waals surface area (Å²) in [6.45, 7) is 2.11. The van der Waals surface area contributed by atoms with E-state index in [-0.39, 0.29) is 33.0 Å². The average Bonchev–Trinajstić information content (AvgIpc) is 2.54. The van der Waals surface area contributed by atoms with E-state index in [0.29, 0.717) is 0 Å². The van der Waals surface area contributed by atoms with Crippen molar-refractivity contribution in [2.24, 2.45) is 5.92 Å². The van der Waals surface area contributed by atoms with Crippen LogP contribution in [0.3, 0.4) is 0 Å². The van der Waals surface area contributed by atoms with Crippen LogP contribution in [0.25, 0.3) is 0 Å². The Bertz CT molecular complexity index is 818. The van der Waals surface area contributed by atoms with E-state index in [4.69, 9.17) is 13.0 Å². The standard InChI is InChI=1S/C16H19INO.CHF3O3S/c1-12-8-7-11-14(15(12)16(19)18(2)3)17-13-9-5-4-6-10-13;2-1(3,4)8(5,6)7/h4-10,12H,11H2,1-3H3;(H,5,6,7)/q+1;/p-1. The number of allylic oxidation sites excluding steroid dienone is 3. The van der Waals surface area contributed by atoms with Gasteiger partial charge in [0.15, 0.2) is 17.3 Å². The van der Waals surface area contributed by atoms with Gasteiger partial charge in [0.05, 0.1) is 5.57 Å². The zero-order valence-electron chi connectivity index (χ0n) is 14.8. The second-order valence-electron chi connectivity index (χ2n) is 5.73. The summed E-state index contributed by atoms with van der Waals surface area (Å²) < 4.78 is 61.6. The summed E-state index contributed by atoms with van der Waals surface area (Å²) >= 11 is -0.240. The highest BCUT2D eigenvalue weighted by atomic mass is 127. The summed E-state index contributed by atoms with van der Waals surface area (Å²) in [5, 5.41) is 0. The highest BCUT2D eigenvalue weighted by Gasteiger charge is 2.37. The zero-order valence-corrected chi connectivity index (χ0v) is 17.8. The van der Waals surface area contributed by atoms with Gasteiger partial charge >= 0.3 is 26.7 Å². The third-order valence-electron chi connectivity index (χ3n) is 3.35. The van der Waals surface area contributed by atoms with Crippen molar-refractivity contribution in [2.75, 3.05) is 14.1 Å². The second kappa shape index (κ2) is 9.69. The first-order valence-corrected chi connectivity index (χ1v) is 11.2. The summed E-state index contributed by atoms with van der Waals surface area (Å²) in [5.41, 5.74) is -4.63. The van der Waals surface area contributed by atoms with Crippen LogP contribution < -0.4 is 21.2 Å². The predicted octanol–water partition coefficient (Wildman–Crippen LogP) is -0.0651. The summed E-state index contributed by atoms with van der Waals surface area (Å²) in [6, 6.07) is 10.5. The van der Waals surface area contributed by atoms with Crippen LogP contribution in [-0.4, -0.2) is 43.4 Å². The lowest BCUT2D eigenvalue weighted by Gasteiger charge is -2.19. The summed E-state index contributed by atoms with van der Waals surface area (Å²) in [7, 11) is -2.43. The lowest BCUT2D eigenvalue weighted by atomic mass is 9.94. The third-order valence-corrected chi connectivity index (χ3v) is 6.93. The Morgan fingerprint density at radius 3 is 2.19 bits per heavy atom. The molecule has 5 nitrogen and oxygen atoms in total. The van der Waals surface area contributed by atoms with E-state index in [2.05, 4.69) is 43.3 Å². The molecule has 0 spiro atoms. The number of benzene rings is 1. The molecule has 1 amide bonds. The minimum absolute atomic E-state index is 0.169. The van der Waals surface area contributed by atoms with Crippen LogP contribution in [0, 0.1) is 9.49 Å². The number of alkyl halides is 3. The SMILES string of the molecule is CC1C=CCC([I+]c2ccccc2)=C1C(=O)N(C)C.O=S(=O)([O-])C(F)(F)F.